The quantitative estimate of drug-likeness (QED) is 0.573. The summed E-state index contributed by atoms with van der Waals surface area (Å²) in [7, 11) is 3.83. The van der Waals surface area contributed by atoms with E-state index in [1.165, 1.54) is 0 Å². The van der Waals surface area contributed by atoms with E-state index in [2.05, 4.69) is 12.0 Å². The minimum absolute atomic E-state index is 0.0928. The molecular weight excluding hydrogens is 314 g/mol. The Morgan fingerprint density at radius 2 is 2.00 bits per heavy atom. The van der Waals surface area contributed by atoms with Crippen molar-refractivity contribution in [2.75, 3.05) is 25.6 Å². The van der Waals surface area contributed by atoms with Crippen molar-refractivity contribution in [1.82, 2.24) is 9.78 Å². The van der Waals surface area contributed by atoms with Crippen LogP contribution in [-0.4, -0.2) is 36.5 Å². The second-order valence-electron chi connectivity index (χ2n) is 5.52. The molecule has 2 rings (SSSR count). The van der Waals surface area contributed by atoms with Gasteiger partial charge >= 0.3 is 5.97 Å². The van der Waals surface area contributed by atoms with Gasteiger partial charge in [-0.3, -0.25) is 9.48 Å². The summed E-state index contributed by atoms with van der Waals surface area (Å²) in [5.41, 5.74) is 1.81. The summed E-state index contributed by atoms with van der Waals surface area (Å²) in [6.07, 6.45) is 1.87. The zero-order valence-corrected chi connectivity index (χ0v) is 14.5. The molecule has 0 atom stereocenters. The lowest BCUT2D eigenvalue weighted by Crippen LogP contribution is -2.17. The summed E-state index contributed by atoms with van der Waals surface area (Å²) in [6.45, 7) is 2.60. The molecule has 0 saturated carbocycles. The third-order valence-corrected chi connectivity index (χ3v) is 3.66. The number of ether oxygens (including phenoxy) is 1. The standard InChI is InChI=1S/C17H22ClN3O2/c1-4-5-10-23-17(22)12-21-15(11-16(19-21)20(2)3)13-6-8-14(18)9-7-13/h6-9,11H,4-5,10,12H2,1-3H3. The molecular formula is C17H22ClN3O2. The average Bonchev–Trinajstić information content (AvgIpc) is 2.92. The number of unbranched alkanes of at least 4 members (excludes halogenated alkanes) is 1. The largest absolute Gasteiger partial charge is 0.464 e. The number of nitrogens with zero attached hydrogens (tertiary/aromatic N) is 3. The number of esters is 1. The molecule has 1 aromatic heterocycles. The van der Waals surface area contributed by atoms with E-state index in [1.807, 2.05) is 49.3 Å². The fourth-order valence-electron chi connectivity index (χ4n) is 2.09. The van der Waals surface area contributed by atoms with E-state index in [0.29, 0.717) is 11.6 Å². The maximum absolute atomic E-state index is 12.0. The maximum atomic E-state index is 12.0. The highest BCUT2D eigenvalue weighted by Gasteiger charge is 2.14. The van der Waals surface area contributed by atoms with Crippen LogP contribution in [0.4, 0.5) is 5.82 Å². The Morgan fingerprint density at radius 3 is 2.61 bits per heavy atom. The first-order valence-electron chi connectivity index (χ1n) is 7.68. The number of carbonyl (C=O) groups is 1. The van der Waals surface area contributed by atoms with Gasteiger partial charge in [0.25, 0.3) is 0 Å². The lowest BCUT2D eigenvalue weighted by molar-refractivity contribution is -0.144. The Hall–Kier alpha value is -2.01. The molecule has 0 unspecified atom stereocenters. The van der Waals surface area contributed by atoms with Gasteiger partial charge in [0.1, 0.15) is 6.54 Å². The van der Waals surface area contributed by atoms with Crippen LogP contribution in [0.3, 0.4) is 0 Å². The van der Waals surface area contributed by atoms with Crippen LogP contribution < -0.4 is 4.90 Å². The molecule has 2 aromatic rings. The van der Waals surface area contributed by atoms with E-state index in [4.69, 9.17) is 16.3 Å². The third-order valence-electron chi connectivity index (χ3n) is 3.41. The molecule has 124 valence electrons. The smallest absolute Gasteiger partial charge is 0.327 e. The highest BCUT2D eigenvalue weighted by atomic mass is 35.5. The number of hydrogen-bond donors (Lipinski definition) is 0. The SMILES string of the molecule is CCCCOC(=O)Cn1nc(N(C)C)cc1-c1ccc(Cl)cc1. The molecule has 1 heterocycles. The highest BCUT2D eigenvalue weighted by molar-refractivity contribution is 6.30. The topological polar surface area (TPSA) is 47.4 Å². The van der Waals surface area contributed by atoms with Crippen LogP contribution in [0, 0.1) is 0 Å². The van der Waals surface area contributed by atoms with Gasteiger partial charge in [-0.15, -0.1) is 0 Å². The van der Waals surface area contributed by atoms with E-state index in [9.17, 15) is 4.79 Å². The van der Waals surface area contributed by atoms with E-state index in [0.717, 1.165) is 29.9 Å². The number of benzene rings is 1. The Kier molecular flexibility index (Phi) is 6.04. The van der Waals surface area contributed by atoms with Crippen molar-refractivity contribution in [1.29, 1.82) is 0 Å². The van der Waals surface area contributed by atoms with Gasteiger partial charge in [0.2, 0.25) is 0 Å². The molecule has 0 amide bonds. The van der Waals surface area contributed by atoms with Crippen molar-refractivity contribution >= 4 is 23.4 Å². The predicted molar refractivity (Wildman–Crippen MR) is 92.9 cm³/mol. The third kappa shape index (κ3) is 4.73. The Balaban J connectivity index is 2.23. The monoisotopic (exact) mass is 335 g/mol. The van der Waals surface area contributed by atoms with Crippen LogP contribution in [-0.2, 0) is 16.1 Å². The van der Waals surface area contributed by atoms with Crippen LogP contribution in [0.5, 0.6) is 0 Å². The Labute approximate surface area is 141 Å². The minimum atomic E-state index is -0.276. The van der Waals surface area contributed by atoms with Crippen molar-refractivity contribution in [2.45, 2.75) is 26.3 Å². The lowest BCUT2D eigenvalue weighted by atomic mass is 10.1. The summed E-state index contributed by atoms with van der Waals surface area (Å²) in [5.74, 6) is 0.512. The van der Waals surface area contributed by atoms with Gasteiger partial charge in [0.05, 0.1) is 12.3 Å². The van der Waals surface area contributed by atoms with Gasteiger partial charge < -0.3 is 9.64 Å². The summed E-state index contributed by atoms with van der Waals surface area (Å²) in [6, 6.07) is 9.42. The van der Waals surface area contributed by atoms with Crippen LogP contribution >= 0.6 is 11.6 Å². The minimum Gasteiger partial charge on any atom is -0.464 e. The van der Waals surface area contributed by atoms with Gasteiger partial charge in [-0.25, -0.2) is 0 Å². The molecule has 0 bridgehead atoms. The van der Waals surface area contributed by atoms with Gasteiger partial charge in [-0.1, -0.05) is 37.1 Å². The first-order chi connectivity index (χ1) is 11.0. The lowest BCUT2D eigenvalue weighted by Gasteiger charge is -2.08. The molecule has 5 nitrogen and oxygen atoms in total. The van der Waals surface area contributed by atoms with Crippen molar-refractivity contribution in [2.24, 2.45) is 0 Å². The second kappa shape index (κ2) is 8.02. The zero-order chi connectivity index (χ0) is 16.8. The molecule has 23 heavy (non-hydrogen) atoms. The summed E-state index contributed by atoms with van der Waals surface area (Å²) < 4.78 is 6.91. The fourth-order valence-corrected chi connectivity index (χ4v) is 2.22. The van der Waals surface area contributed by atoms with E-state index in [1.54, 1.807) is 4.68 Å². The number of carbonyl (C=O) groups excluding carboxylic acids is 1. The molecule has 6 heteroatoms. The summed E-state index contributed by atoms with van der Waals surface area (Å²) >= 11 is 5.95. The maximum Gasteiger partial charge on any atom is 0.327 e. The first kappa shape index (κ1) is 17.3. The summed E-state index contributed by atoms with van der Waals surface area (Å²) in [4.78, 5) is 13.9. The van der Waals surface area contributed by atoms with Crippen LogP contribution in [0.15, 0.2) is 30.3 Å². The van der Waals surface area contributed by atoms with Crippen molar-refractivity contribution < 1.29 is 9.53 Å². The number of aromatic nitrogens is 2. The molecule has 0 N–H and O–H groups in total. The van der Waals surface area contributed by atoms with Crippen molar-refractivity contribution in [3.8, 4) is 11.3 Å². The number of hydrogen-bond acceptors (Lipinski definition) is 4. The molecule has 1 aromatic carbocycles. The van der Waals surface area contributed by atoms with Gasteiger partial charge in [0, 0.05) is 25.2 Å². The Morgan fingerprint density at radius 1 is 1.30 bits per heavy atom. The summed E-state index contributed by atoms with van der Waals surface area (Å²) in [5, 5.41) is 5.16. The molecule has 0 saturated heterocycles. The molecule has 0 fully saturated rings. The van der Waals surface area contributed by atoms with Gasteiger partial charge in [-0.05, 0) is 24.1 Å². The number of halogens is 1. The van der Waals surface area contributed by atoms with E-state index in [-0.39, 0.29) is 12.5 Å². The van der Waals surface area contributed by atoms with Gasteiger partial charge in [-0.2, -0.15) is 5.10 Å². The molecule has 0 radical (unpaired) electrons. The van der Waals surface area contributed by atoms with E-state index < -0.39 is 0 Å². The highest BCUT2D eigenvalue weighted by Crippen LogP contribution is 2.25. The average molecular weight is 336 g/mol. The van der Waals surface area contributed by atoms with Crippen molar-refractivity contribution in [3.63, 3.8) is 0 Å². The van der Waals surface area contributed by atoms with Crippen LogP contribution in [0.25, 0.3) is 11.3 Å². The Bertz CT molecular complexity index is 650. The second-order valence-corrected chi connectivity index (χ2v) is 5.96. The number of anilines is 1. The first-order valence-corrected chi connectivity index (χ1v) is 8.05. The number of rotatable bonds is 7. The van der Waals surface area contributed by atoms with Crippen molar-refractivity contribution in [3.05, 3.63) is 35.4 Å². The zero-order valence-electron chi connectivity index (χ0n) is 13.8. The van der Waals surface area contributed by atoms with Crippen LogP contribution in [0.1, 0.15) is 19.8 Å². The normalized spacial score (nSPS) is 10.6. The molecule has 0 aliphatic heterocycles. The molecule has 0 spiro atoms. The molecule has 0 aliphatic carbocycles. The predicted octanol–water partition coefficient (Wildman–Crippen LogP) is 3.61. The van der Waals surface area contributed by atoms with Gasteiger partial charge in [0.15, 0.2) is 5.82 Å². The molecule has 0 aliphatic rings. The fraction of sp³-hybridized carbons (Fsp3) is 0.412. The van der Waals surface area contributed by atoms with E-state index >= 15 is 0 Å². The van der Waals surface area contributed by atoms with Crippen LogP contribution in [0.2, 0.25) is 5.02 Å².